The normalized spacial score (nSPS) is 13.5. The van der Waals surface area contributed by atoms with Gasteiger partial charge in [-0.05, 0) is 37.3 Å². The van der Waals surface area contributed by atoms with Crippen molar-refractivity contribution in [2.24, 2.45) is 0 Å². The number of benzene rings is 2. The molecule has 0 radical (unpaired) electrons. The lowest BCUT2D eigenvalue weighted by Crippen LogP contribution is -2.19. The number of rotatable bonds is 1. The number of fused-ring (bicyclic) bond motifs is 3. The SMILES string of the molecule is Cc1cn2c(n1)C[N+]([O-])=C(c1ccccc1F)c1cc(Br)ccc1-2. The molecule has 2 heterocycles. The molecule has 0 atom stereocenters. The van der Waals surface area contributed by atoms with Crippen LogP contribution in [0.4, 0.5) is 4.39 Å². The summed E-state index contributed by atoms with van der Waals surface area (Å²) in [5, 5.41) is 12.9. The third-order valence-corrected chi connectivity index (χ3v) is 4.53. The second-order valence-corrected chi connectivity index (χ2v) is 6.61. The van der Waals surface area contributed by atoms with Gasteiger partial charge in [0.1, 0.15) is 5.82 Å². The summed E-state index contributed by atoms with van der Waals surface area (Å²) >= 11 is 3.45. The summed E-state index contributed by atoms with van der Waals surface area (Å²) in [6.07, 6.45) is 1.89. The van der Waals surface area contributed by atoms with Gasteiger partial charge in [-0.15, -0.1) is 0 Å². The molecule has 0 N–H and O–H groups in total. The first kappa shape index (κ1) is 15.1. The number of hydroxylamine groups is 1. The molecule has 0 amide bonds. The van der Waals surface area contributed by atoms with Crippen LogP contribution < -0.4 is 0 Å². The maximum atomic E-state index is 14.4. The van der Waals surface area contributed by atoms with Gasteiger partial charge in [0, 0.05) is 10.7 Å². The number of hydrogen-bond acceptors (Lipinski definition) is 2. The highest BCUT2D eigenvalue weighted by atomic mass is 79.9. The molecule has 0 bridgehead atoms. The molecule has 0 spiro atoms. The molecule has 0 fully saturated rings. The van der Waals surface area contributed by atoms with E-state index in [1.54, 1.807) is 18.2 Å². The Bertz CT molecular complexity index is 994. The Labute approximate surface area is 146 Å². The van der Waals surface area contributed by atoms with Crippen molar-refractivity contribution in [3.63, 3.8) is 0 Å². The van der Waals surface area contributed by atoms with Crippen molar-refractivity contribution in [2.75, 3.05) is 0 Å². The predicted octanol–water partition coefficient (Wildman–Crippen LogP) is 3.94. The number of nitrogens with zero attached hydrogens (tertiary/aromatic N) is 3. The van der Waals surface area contributed by atoms with Crippen molar-refractivity contribution in [3.05, 3.63) is 86.8 Å². The van der Waals surface area contributed by atoms with Crippen LogP contribution in [0.25, 0.3) is 5.69 Å². The van der Waals surface area contributed by atoms with Crippen LogP contribution >= 0.6 is 15.9 Å². The van der Waals surface area contributed by atoms with Crippen LogP contribution in [0.1, 0.15) is 22.6 Å². The van der Waals surface area contributed by atoms with E-state index in [0.29, 0.717) is 17.1 Å². The van der Waals surface area contributed by atoms with Crippen LogP contribution in [0.15, 0.2) is 53.1 Å². The van der Waals surface area contributed by atoms with Gasteiger partial charge in [0.25, 0.3) is 0 Å². The largest absolute Gasteiger partial charge is 0.623 e. The van der Waals surface area contributed by atoms with Gasteiger partial charge in [-0.1, -0.05) is 28.1 Å². The Morgan fingerprint density at radius 2 is 2.00 bits per heavy atom. The first-order valence-corrected chi connectivity index (χ1v) is 8.25. The second-order valence-electron chi connectivity index (χ2n) is 5.70. The molecule has 0 saturated heterocycles. The number of aryl methyl sites for hydroxylation is 1. The minimum absolute atomic E-state index is 0.0593. The summed E-state index contributed by atoms with van der Waals surface area (Å²) in [4.78, 5) is 4.44. The Kier molecular flexibility index (Phi) is 3.49. The van der Waals surface area contributed by atoms with E-state index in [9.17, 15) is 9.60 Å². The summed E-state index contributed by atoms with van der Waals surface area (Å²) < 4.78 is 17.9. The summed E-state index contributed by atoms with van der Waals surface area (Å²) in [7, 11) is 0. The molecule has 4 rings (SSSR count). The molecule has 3 aromatic rings. The van der Waals surface area contributed by atoms with Gasteiger partial charge in [0.2, 0.25) is 12.3 Å². The van der Waals surface area contributed by atoms with Crippen LogP contribution in [0.5, 0.6) is 0 Å². The van der Waals surface area contributed by atoms with Crippen molar-refractivity contribution in [1.29, 1.82) is 0 Å². The maximum Gasteiger partial charge on any atom is 0.231 e. The van der Waals surface area contributed by atoms with E-state index >= 15 is 0 Å². The highest BCUT2D eigenvalue weighted by Gasteiger charge is 2.28. The summed E-state index contributed by atoms with van der Waals surface area (Å²) in [5.74, 6) is 0.215. The predicted molar refractivity (Wildman–Crippen MR) is 92.9 cm³/mol. The number of imidazole rings is 1. The first-order valence-electron chi connectivity index (χ1n) is 7.46. The van der Waals surface area contributed by atoms with E-state index in [-0.39, 0.29) is 12.1 Å². The van der Waals surface area contributed by atoms with E-state index < -0.39 is 5.82 Å². The maximum absolute atomic E-state index is 14.4. The third kappa shape index (κ3) is 2.34. The van der Waals surface area contributed by atoms with Gasteiger partial charge in [-0.2, -0.15) is 4.74 Å². The summed E-state index contributed by atoms with van der Waals surface area (Å²) in [5.41, 5.74) is 2.91. The Morgan fingerprint density at radius 3 is 2.79 bits per heavy atom. The van der Waals surface area contributed by atoms with Gasteiger partial charge in [0.05, 0.1) is 22.5 Å². The van der Waals surface area contributed by atoms with Gasteiger partial charge >= 0.3 is 0 Å². The zero-order chi connectivity index (χ0) is 16.8. The highest BCUT2D eigenvalue weighted by molar-refractivity contribution is 9.10. The van der Waals surface area contributed by atoms with Gasteiger partial charge in [0.15, 0.2) is 5.82 Å². The van der Waals surface area contributed by atoms with E-state index in [4.69, 9.17) is 0 Å². The fourth-order valence-corrected chi connectivity index (χ4v) is 3.41. The molecule has 24 heavy (non-hydrogen) atoms. The Balaban J connectivity index is 2.07. The molecule has 6 heteroatoms. The van der Waals surface area contributed by atoms with Crippen molar-refractivity contribution in [3.8, 4) is 5.69 Å². The Hall–Kier alpha value is -2.47. The van der Waals surface area contributed by atoms with Crippen LogP contribution in [0, 0.1) is 17.9 Å². The number of halogens is 2. The third-order valence-electron chi connectivity index (χ3n) is 4.04. The zero-order valence-corrected chi connectivity index (χ0v) is 14.4. The topological polar surface area (TPSA) is 43.9 Å². The van der Waals surface area contributed by atoms with Crippen molar-refractivity contribution in [1.82, 2.24) is 9.55 Å². The van der Waals surface area contributed by atoms with E-state index in [2.05, 4.69) is 20.9 Å². The molecule has 1 aliphatic heterocycles. The number of aromatic nitrogens is 2. The molecule has 1 aromatic heterocycles. The van der Waals surface area contributed by atoms with E-state index in [0.717, 1.165) is 20.6 Å². The fraction of sp³-hybridized carbons (Fsp3) is 0.111. The lowest BCUT2D eigenvalue weighted by Gasteiger charge is -2.12. The molecular weight excluding hydrogens is 373 g/mol. The zero-order valence-electron chi connectivity index (χ0n) is 12.8. The van der Waals surface area contributed by atoms with Gasteiger partial charge < -0.3 is 5.21 Å². The standard InChI is InChI=1S/C18H13BrFN3O/c1-11-9-22-16-7-6-12(19)8-14(16)18(23(24)10-17(22)21-11)13-4-2-3-5-15(13)20/h2-9H,10H2,1H3. The quantitative estimate of drug-likeness (QED) is 0.470. The van der Waals surface area contributed by atoms with Crippen molar-refractivity contribution < 1.29 is 9.13 Å². The van der Waals surface area contributed by atoms with E-state index in [1.807, 2.05) is 35.9 Å². The molecule has 2 aromatic carbocycles. The molecule has 120 valence electrons. The molecule has 0 aliphatic carbocycles. The average Bonchev–Trinajstić information content (AvgIpc) is 2.85. The molecule has 1 aliphatic rings. The molecule has 0 unspecified atom stereocenters. The number of hydrogen-bond donors (Lipinski definition) is 0. The lowest BCUT2D eigenvalue weighted by atomic mass is 10.00. The van der Waals surface area contributed by atoms with Gasteiger partial charge in [-0.3, -0.25) is 4.57 Å². The summed E-state index contributed by atoms with van der Waals surface area (Å²) in [6, 6.07) is 12.0. The van der Waals surface area contributed by atoms with Crippen LogP contribution in [0.2, 0.25) is 0 Å². The second kappa shape index (κ2) is 5.56. The van der Waals surface area contributed by atoms with Gasteiger partial charge in [-0.25, -0.2) is 9.37 Å². The highest BCUT2D eigenvalue weighted by Crippen LogP contribution is 2.28. The smallest absolute Gasteiger partial charge is 0.231 e. The molecule has 4 nitrogen and oxygen atoms in total. The summed E-state index contributed by atoms with van der Waals surface area (Å²) in [6.45, 7) is 1.95. The lowest BCUT2D eigenvalue weighted by molar-refractivity contribution is -0.475. The van der Waals surface area contributed by atoms with Crippen LogP contribution in [0.3, 0.4) is 0 Å². The first-order chi connectivity index (χ1) is 11.5. The molecule has 0 saturated carbocycles. The monoisotopic (exact) mass is 385 g/mol. The van der Waals surface area contributed by atoms with Crippen molar-refractivity contribution >= 4 is 21.6 Å². The minimum atomic E-state index is -0.421. The van der Waals surface area contributed by atoms with Crippen LogP contribution in [-0.2, 0) is 6.54 Å². The average molecular weight is 386 g/mol. The van der Waals surface area contributed by atoms with Crippen LogP contribution in [-0.4, -0.2) is 20.0 Å². The molecular formula is C18H13BrFN3O. The minimum Gasteiger partial charge on any atom is -0.623 e. The fourth-order valence-electron chi connectivity index (χ4n) is 3.05. The van der Waals surface area contributed by atoms with E-state index in [1.165, 1.54) is 6.07 Å². The Morgan fingerprint density at radius 1 is 1.21 bits per heavy atom. The van der Waals surface area contributed by atoms with Crippen molar-refractivity contribution in [2.45, 2.75) is 13.5 Å².